The molecule has 0 saturated carbocycles. The number of rotatable bonds is 4. The summed E-state index contributed by atoms with van der Waals surface area (Å²) in [5, 5.41) is 8.60. The summed E-state index contributed by atoms with van der Waals surface area (Å²) in [5.74, 6) is 0.563. The molecule has 0 atom stereocenters. The van der Waals surface area contributed by atoms with Crippen molar-refractivity contribution in [2.24, 2.45) is 5.92 Å². The minimum Gasteiger partial charge on any atom is -0.377 e. The average molecular weight is 189 g/mol. The summed E-state index contributed by atoms with van der Waals surface area (Å²) >= 11 is 0. The van der Waals surface area contributed by atoms with E-state index in [1.165, 1.54) is 0 Å². The van der Waals surface area contributed by atoms with Crippen molar-refractivity contribution in [3.05, 3.63) is 35.4 Å². The summed E-state index contributed by atoms with van der Waals surface area (Å²) in [5.41, 5.74) is 1.81. The highest BCUT2D eigenvalue weighted by Gasteiger charge is 1.96. The van der Waals surface area contributed by atoms with Gasteiger partial charge in [0.25, 0.3) is 0 Å². The molecule has 0 amide bonds. The number of nitriles is 1. The van der Waals surface area contributed by atoms with Crippen LogP contribution < -0.4 is 0 Å². The Morgan fingerprint density at radius 3 is 2.43 bits per heavy atom. The van der Waals surface area contributed by atoms with E-state index in [0.29, 0.717) is 18.1 Å². The van der Waals surface area contributed by atoms with Gasteiger partial charge in [-0.05, 0) is 23.6 Å². The highest BCUT2D eigenvalue weighted by Crippen LogP contribution is 2.05. The van der Waals surface area contributed by atoms with Gasteiger partial charge in [-0.25, -0.2) is 0 Å². The van der Waals surface area contributed by atoms with Gasteiger partial charge in [-0.3, -0.25) is 0 Å². The van der Waals surface area contributed by atoms with Gasteiger partial charge in [0, 0.05) is 6.61 Å². The van der Waals surface area contributed by atoms with Gasteiger partial charge < -0.3 is 4.74 Å². The van der Waals surface area contributed by atoms with Crippen molar-refractivity contribution in [2.75, 3.05) is 6.61 Å². The van der Waals surface area contributed by atoms with Crippen LogP contribution in [-0.2, 0) is 11.3 Å². The van der Waals surface area contributed by atoms with E-state index in [1.54, 1.807) is 0 Å². The van der Waals surface area contributed by atoms with E-state index < -0.39 is 0 Å². The van der Waals surface area contributed by atoms with Crippen molar-refractivity contribution in [2.45, 2.75) is 20.5 Å². The molecular weight excluding hydrogens is 174 g/mol. The number of ether oxygens (including phenoxy) is 1. The molecule has 0 heterocycles. The van der Waals surface area contributed by atoms with Gasteiger partial charge in [0.2, 0.25) is 0 Å². The SMILES string of the molecule is CC(C)COCc1ccc(C#N)cc1. The fraction of sp³-hybridized carbons (Fsp3) is 0.417. The lowest BCUT2D eigenvalue weighted by Gasteiger charge is -2.06. The first-order valence-corrected chi connectivity index (χ1v) is 4.79. The summed E-state index contributed by atoms with van der Waals surface area (Å²) in [7, 11) is 0. The zero-order valence-corrected chi connectivity index (χ0v) is 8.66. The van der Waals surface area contributed by atoms with E-state index in [0.717, 1.165) is 12.2 Å². The lowest BCUT2D eigenvalue weighted by molar-refractivity contribution is 0.0971. The highest BCUT2D eigenvalue weighted by molar-refractivity contribution is 5.31. The van der Waals surface area contributed by atoms with Gasteiger partial charge in [0.15, 0.2) is 0 Å². The summed E-state index contributed by atoms with van der Waals surface area (Å²) in [4.78, 5) is 0. The maximum absolute atomic E-state index is 8.60. The zero-order valence-electron chi connectivity index (χ0n) is 8.66. The molecule has 0 bridgehead atoms. The fourth-order valence-electron chi connectivity index (χ4n) is 1.09. The van der Waals surface area contributed by atoms with Gasteiger partial charge in [0.1, 0.15) is 0 Å². The lowest BCUT2D eigenvalue weighted by Crippen LogP contribution is -2.01. The molecule has 2 heteroatoms. The molecule has 0 aliphatic rings. The molecule has 0 aliphatic heterocycles. The first kappa shape index (κ1) is 10.7. The van der Waals surface area contributed by atoms with Crippen LogP contribution in [0.1, 0.15) is 25.0 Å². The van der Waals surface area contributed by atoms with Crippen LogP contribution in [0.15, 0.2) is 24.3 Å². The third kappa shape index (κ3) is 3.59. The fourth-order valence-corrected chi connectivity index (χ4v) is 1.09. The van der Waals surface area contributed by atoms with Crippen LogP contribution >= 0.6 is 0 Å². The molecule has 74 valence electrons. The molecule has 1 rings (SSSR count). The van der Waals surface area contributed by atoms with Gasteiger partial charge in [0.05, 0.1) is 18.2 Å². The van der Waals surface area contributed by atoms with E-state index in [2.05, 4.69) is 19.9 Å². The van der Waals surface area contributed by atoms with Crippen LogP contribution in [-0.4, -0.2) is 6.61 Å². The van der Waals surface area contributed by atoms with Gasteiger partial charge >= 0.3 is 0 Å². The summed E-state index contributed by atoms with van der Waals surface area (Å²) in [6.07, 6.45) is 0. The Balaban J connectivity index is 2.41. The topological polar surface area (TPSA) is 33.0 Å². The first-order valence-electron chi connectivity index (χ1n) is 4.79. The molecule has 0 fully saturated rings. The third-order valence-corrected chi connectivity index (χ3v) is 1.80. The van der Waals surface area contributed by atoms with Crippen molar-refractivity contribution in [3.63, 3.8) is 0 Å². The van der Waals surface area contributed by atoms with Crippen LogP contribution in [0, 0.1) is 17.2 Å². The second kappa shape index (κ2) is 5.41. The van der Waals surface area contributed by atoms with Crippen LogP contribution in [0.25, 0.3) is 0 Å². The van der Waals surface area contributed by atoms with Crippen molar-refractivity contribution < 1.29 is 4.74 Å². The van der Waals surface area contributed by atoms with Crippen LogP contribution in [0.4, 0.5) is 0 Å². The predicted molar refractivity (Wildman–Crippen MR) is 55.7 cm³/mol. The maximum atomic E-state index is 8.60. The largest absolute Gasteiger partial charge is 0.377 e. The maximum Gasteiger partial charge on any atom is 0.0991 e. The van der Waals surface area contributed by atoms with E-state index >= 15 is 0 Å². The number of benzene rings is 1. The smallest absolute Gasteiger partial charge is 0.0991 e. The zero-order chi connectivity index (χ0) is 10.4. The quantitative estimate of drug-likeness (QED) is 0.729. The van der Waals surface area contributed by atoms with Crippen LogP contribution in [0.2, 0.25) is 0 Å². The number of nitrogens with zero attached hydrogens (tertiary/aromatic N) is 1. The Morgan fingerprint density at radius 1 is 1.29 bits per heavy atom. The molecule has 1 aromatic carbocycles. The summed E-state index contributed by atoms with van der Waals surface area (Å²) in [6.45, 7) is 5.65. The van der Waals surface area contributed by atoms with Crippen molar-refractivity contribution in [1.82, 2.24) is 0 Å². The Morgan fingerprint density at radius 2 is 1.93 bits per heavy atom. The Hall–Kier alpha value is -1.33. The van der Waals surface area contributed by atoms with Crippen LogP contribution in [0.5, 0.6) is 0 Å². The second-order valence-corrected chi connectivity index (χ2v) is 3.72. The molecule has 0 N–H and O–H groups in total. The van der Waals surface area contributed by atoms with Crippen molar-refractivity contribution in [3.8, 4) is 6.07 Å². The van der Waals surface area contributed by atoms with Crippen molar-refractivity contribution >= 4 is 0 Å². The molecule has 14 heavy (non-hydrogen) atoms. The van der Waals surface area contributed by atoms with Crippen LogP contribution in [0.3, 0.4) is 0 Å². The summed E-state index contributed by atoms with van der Waals surface area (Å²) < 4.78 is 5.47. The summed E-state index contributed by atoms with van der Waals surface area (Å²) in [6, 6.07) is 9.57. The van der Waals surface area contributed by atoms with Gasteiger partial charge in [-0.2, -0.15) is 5.26 Å². The third-order valence-electron chi connectivity index (χ3n) is 1.80. The molecule has 0 aliphatic carbocycles. The van der Waals surface area contributed by atoms with E-state index in [-0.39, 0.29) is 0 Å². The minimum atomic E-state index is 0.563. The van der Waals surface area contributed by atoms with Crippen molar-refractivity contribution in [1.29, 1.82) is 5.26 Å². The van der Waals surface area contributed by atoms with Gasteiger partial charge in [-0.15, -0.1) is 0 Å². The van der Waals surface area contributed by atoms with E-state index in [9.17, 15) is 0 Å². The standard InChI is InChI=1S/C12H15NO/c1-10(2)8-14-9-12-5-3-11(7-13)4-6-12/h3-6,10H,8-9H2,1-2H3. The molecule has 0 aromatic heterocycles. The number of hydrogen-bond acceptors (Lipinski definition) is 2. The lowest BCUT2D eigenvalue weighted by atomic mass is 10.1. The van der Waals surface area contributed by atoms with E-state index in [1.807, 2.05) is 24.3 Å². The predicted octanol–water partition coefficient (Wildman–Crippen LogP) is 2.73. The molecule has 0 spiro atoms. The molecule has 2 nitrogen and oxygen atoms in total. The normalized spacial score (nSPS) is 10.1. The Kier molecular flexibility index (Phi) is 4.15. The monoisotopic (exact) mass is 189 g/mol. The molecule has 0 saturated heterocycles. The molecule has 0 unspecified atom stereocenters. The molecule has 1 aromatic rings. The highest BCUT2D eigenvalue weighted by atomic mass is 16.5. The average Bonchev–Trinajstić information content (AvgIpc) is 2.18. The second-order valence-electron chi connectivity index (χ2n) is 3.72. The first-order chi connectivity index (χ1) is 6.72. The van der Waals surface area contributed by atoms with E-state index in [4.69, 9.17) is 10.00 Å². The Labute approximate surface area is 85.1 Å². The Bertz CT molecular complexity index is 308. The van der Waals surface area contributed by atoms with Gasteiger partial charge in [-0.1, -0.05) is 26.0 Å². The minimum absolute atomic E-state index is 0.563. The number of hydrogen-bond donors (Lipinski definition) is 0. The molecular formula is C12H15NO. The molecule has 0 radical (unpaired) electrons.